The van der Waals surface area contributed by atoms with Crippen LogP contribution in [0, 0.1) is 0 Å². The average molecular weight is 446 g/mol. The van der Waals surface area contributed by atoms with Gasteiger partial charge in [-0.15, -0.1) is 0 Å². The minimum atomic E-state index is 0.206. The third-order valence-electron chi connectivity index (χ3n) is 6.53. The average Bonchev–Trinajstić information content (AvgIpc) is 3.32. The number of fused-ring (bicyclic) bond motifs is 2. The maximum absolute atomic E-state index is 5.68. The molecule has 0 unspecified atom stereocenters. The summed E-state index contributed by atoms with van der Waals surface area (Å²) in [5.41, 5.74) is 3.59. The van der Waals surface area contributed by atoms with E-state index >= 15 is 0 Å². The SMILES string of the molecule is C[C@H]1COCCN1c1nc(N2CCOC[C@@H]2C)c2ccc(-c3ccc4cn[nH]c4c3)nc2n1. The molecule has 9 heteroatoms. The first-order valence-corrected chi connectivity index (χ1v) is 11.5. The molecule has 1 N–H and O–H groups in total. The summed E-state index contributed by atoms with van der Waals surface area (Å²) >= 11 is 0. The summed E-state index contributed by atoms with van der Waals surface area (Å²) in [5, 5.41) is 9.21. The highest BCUT2D eigenvalue weighted by Crippen LogP contribution is 2.31. The van der Waals surface area contributed by atoms with Crippen molar-refractivity contribution in [1.82, 2.24) is 25.1 Å². The Hall–Kier alpha value is -3.30. The Kier molecular flexibility index (Phi) is 5.07. The molecule has 4 aromatic rings. The second kappa shape index (κ2) is 8.24. The molecular weight excluding hydrogens is 418 g/mol. The molecule has 2 atom stereocenters. The summed E-state index contributed by atoms with van der Waals surface area (Å²) < 4.78 is 11.3. The van der Waals surface area contributed by atoms with Crippen LogP contribution in [0.4, 0.5) is 11.8 Å². The van der Waals surface area contributed by atoms with Gasteiger partial charge in [-0.05, 0) is 32.0 Å². The van der Waals surface area contributed by atoms with Crippen LogP contribution in [-0.2, 0) is 9.47 Å². The van der Waals surface area contributed by atoms with Crippen molar-refractivity contribution in [3.63, 3.8) is 0 Å². The van der Waals surface area contributed by atoms with Crippen LogP contribution in [0.2, 0.25) is 0 Å². The highest BCUT2D eigenvalue weighted by atomic mass is 16.5. The summed E-state index contributed by atoms with van der Waals surface area (Å²) in [6, 6.07) is 10.8. The molecule has 0 amide bonds. The van der Waals surface area contributed by atoms with Gasteiger partial charge in [-0.2, -0.15) is 15.1 Å². The highest BCUT2D eigenvalue weighted by Gasteiger charge is 2.27. The van der Waals surface area contributed by atoms with E-state index in [1.54, 1.807) is 0 Å². The Labute approximate surface area is 191 Å². The van der Waals surface area contributed by atoms with E-state index in [-0.39, 0.29) is 12.1 Å². The maximum Gasteiger partial charge on any atom is 0.229 e. The van der Waals surface area contributed by atoms with E-state index in [2.05, 4.69) is 64.2 Å². The molecule has 0 spiro atoms. The number of nitrogens with zero attached hydrogens (tertiary/aromatic N) is 6. The molecule has 0 saturated carbocycles. The minimum Gasteiger partial charge on any atom is -0.377 e. The number of nitrogens with one attached hydrogen (secondary N) is 1. The maximum atomic E-state index is 5.68. The van der Waals surface area contributed by atoms with Gasteiger partial charge >= 0.3 is 0 Å². The number of H-pyrrole nitrogens is 1. The van der Waals surface area contributed by atoms with Crippen molar-refractivity contribution in [3.05, 3.63) is 36.5 Å². The number of hydrogen-bond acceptors (Lipinski definition) is 8. The largest absolute Gasteiger partial charge is 0.377 e. The fourth-order valence-electron chi connectivity index (χ4n) is 4.65. The van der Waals surface area contributed by atoms with Crippen molar-refractivity contribution >= 4 is 33.7 Å². The van der Waals surface area contributed by atoms with Crippen molar-refractivity contribution in [2.45, 2.75) is 25.9 Å². The lowest BCUT2D eigenvalue weighted by Gasteiger charge is -2.37. The van der Waals surface area contributed by atoms with Gasteiger partial charge in [0.2, 0.25) is 5.95 Å². The third-order valence-corrected chi connectivity index (χ3v) is 6.53. The fraction of sp³-hybridized carbons (Fsp3) is 0.417. The van der Waals surface area contributed by atoms with Crippen LogP contribution in [0.3, 0.4) is 0 Å². The summed E-state index contributed by atoms with van der Waals surface area (Å²) in [4.78, 5) is 19.5. The first-order chi connectivity index (χ1) is 16.2. The summed E-state index contributed by atoms with van der Waals surface area (Å²) in [5.74, 6) is 1.63. The molecule has 0 bridgehead atoms. The van der Waals surface area contributed by atoms with Crippen LogP contribution < -0.4 is 9.80 Å². The predicted molar refractivity (Wildman–Crippen MR) is 128 cm³/mol. The zero-order valence-corrected chi connectivity index (χ0v) is 18.9. The Morgan fingerprint density at radius 1 is 0.909 bits per heavy atom. The zero-order chi connectivity index (χ0) is 22.4. The Balaban J connectivity index is 1.50. The van der Waals surface area contributed by atoms with Crippen molar-refractivity contribution in [1.29, 1.82) is 0 Å². The number of benzene rings is 1. The van der Waals surface area contributed by atoms with Crippen molar-refractivity contribution in [2.24, 2.45) is 0 Å². The molecule has 2 aliphatic rings. The number of ether oxygens (including phenoxy) is 2. The number of morpholine rings is 2. The number of aromatic nitrogens is 5. The zero-order valence-electron chi connectivity index (χ0n) is 18.9. The Morgan fingerprint density at radius 2 is 1.70 bits per heavy atom. The Bertz CT molecular complexity index is 1310. The van der Waals surface area contributed by atoms with Gasteiger partial charge in [0, 0.05) is 24.0 Å². The monoisotopic (exact) mass is 445 g/mol. The van der Waals surface area contributed by atoms with Crippen LogP contribution in [0.1, 0.15) is 13.8 Å². The molecule has 0 aliphatic carbocycles. The molecule has 170 valence electrons. The molecule has 3 aromatic heterocycles. The van der Waals surface area contributed by atoms with Gasteiger partial charge in [0.15, 0.2) is 5.65 Å². The summed E-state index contributed by atoms with van der Waals surface area (Å²) in [6.07, 6.45) is 1.83. The van der Waals surface area contributed by atoms with E-state index in [1.807, 2.05) is 6.20 Å². The van der Waals surface area contributed by atoms with Crippen molar-refractivity contribution in [2.75, 3.05) is 49.3 Å². The number of aromatic amines is 1. The van der Waals surface area contributed by atoms with E-state index in [4.69, 9.17) is 24.4 Å². The van der Waals surface area contributed by atoms with Gasteiger partial charge in [-0.3, -0.25) is 5.10 Å². The van der Waals surface area contributed by atoms with Crippen LogP contribution in [0.15, 0.2) is 36.5 Å². The number of rotatable bonds is 3. The number of hydrogen-bond donors (Lipinski definition) is 1. The molecule has 9 nitrogen and oxygen atoms in total. The second-order valence-electron chi connectivity index (χ2n) is 8.82. The molecule has 6 rings (SSSR count). The van der Waals surface area contributed by atoms with Gasteiger partial charge in [0.1, 0.15) is 5.82 Å². The van der Waals surface area contributed by atoms with Crippen molar-refractivity contribution < 1.29 is 9.47 Å². The quantitative estimate of drug-likeness (QED) is 0.515. The molecule has 1 aromatic carbocycles. The van der Waals surface area contributed by atoms with E-state index in [9.17, 15) is 0 Å². The van der Waals surface area contributed by atoms with Gasteiger partial charge in [-0.1, -0.05) is 12.1 Å². The lowest BCUT2D eigenvalue weighted by atomic mass is 10.1. The topological polar surface area (TPSA) is 92.3 Å². The number of anilines is 2. The highest BCUT2D eigenvalue weighted by molar-refractivity contribution is 5.91. The van der Waals surface area contributed by atoms with E-state index in [1.165, 1.54) is 0 Å². The summed E-state index contributed by atoms with van der Waals surface area (Å²) in [6.45, 7) is 8.59. The van der Waals surface area contributed by atoms with E-state index in [0.717, 1.165) is 46.5 Å². The van der Waals surface area contributed by atoms with Crippen LogP contribution >= 0.6 is 0 Å². The Morgan fingerprint density at radius 3 is 2.48 bits per heavy atom. The minimum absolute atomic E-state index is 0.206. The standard InChI is InChI=1S/C24H27N7O2/c1-15-13-32-9-7-30(15)23-19-5-6-20(17-3-4-18-12-25-29-21(18)11-17)26-22(19)27-24(28-23)31-8-10-33-14-16(31)2/h3-6,11-12,15-16H,7-10,13-14H2,1-2H3,(H,25,29)/t15-,16-/m0/s1. The van der Waals surface area contributed by atoms with E-state index < -0.39 is 0 Å². The van der Waals surface area contributed by atoms with Gasteiger partial charge in [-0.25, -0.2) is 4.98 Å². The summed E-state index contributed by atoms with van der Waals surface area (Å²) in [7, 11) is 0. The van der Waals surface area contributed by atoms with Crippen LogP contribution in [0.5, 0.6) is 0 Å². The predicted octanol–water partition coefficient (Wildman–Crippen LogP) is 3.02. The van der Waals surface area contributed by atoms with Crippen LogP contribution in [-0.4, -0.2) is 76.8 Å². The normalized spacial score (nSPS) is 21.8. The fourth-order valence-corrected chi connectivity index (χ4v) is 4.65. The third kappa shape index (κ3) is 3.67. The van der Waals surface area contributed by atoms with Crippen molar-refractivity contribution in [3.8, 4) is 11.3 Å². The van der Waals surface area contributed by atoms with Crippen LogP contribution in [0.25, 0.3) is 33.2 Å². The lowest BCUT2D eigenvalue weighted by molar-refractivity contribution is 0.0973. The molecule has 0 radical (unpaired) electrons. The molecule has 2 saturated heterocycles. The molecule has 5 heterocycles. The lowest BCUT2D eigenvalue weighted by Crippen LogP contribution is -2.46. The molecule has 33 heavy (non-hydrogen) atoms. The smallest absolute Gasteiger partial charge is 0.229 e. The van der Waals surface area contributed by atoms with E-state index in [0.29, 0.717) is 38.0 Å². The molecular formula is C24H27N7O2. The first-order valence-electron chi connectivity index (χ1n) is 11.5. The van der Waals surface area contributed by atoms with Gasteiger partial charge in [0.05, 0.1) is 61.3 Å². The second-order valence-corrected chi connectivity index (χ2v) is 8.82. The molecule has 2 fully saturated rings. The van der Waals surface area contributed by atoms with Gasteiger partial charge in [0.25, 0.3) is 0 Å². The molecule has 2 aliphatic heterocycles. The first kappa shape index (κ1) is 20.3. The number of pyridine rings is 1. The van der Waals surface area contributed by atoms with Gasteiger partial charge < -0.3 is 19.3 Å².